The van der Waals surface area contributed by atoms with Crippen LogP contribution in [0.5, 0.6) is 5.75 Å². The largest absolute Gasteiger partial charge is 0.382 e. The Morgan fingerprint density at radius 3 is 2.50 bits per heavy atom. The molecule has 5 heteroatoms. The second-order valence-electron chi connectivity index (χ2n) is 4.61. The summed E-state index contributed by atoms with van der Waals surface area (Å²) in [6.07, 6.45) is 0. The van der Waals surface area contributed by atoms with Crippen molar-refractivity contribution < 1.29 is 17.0 Å². The van der Waals surface area contributed by atoms with Gasteiger partial charge in [0.25, 0.3) is 0 Å². The van der Waals surface area contributed by atoms with Crippen LogP contribution in [-0.4, -0.2) is 8.42 Å². The second-order valence-corrected chi connectivity index (χ2v) is 6.18. The molecular weight excluding hydrogens is 279 g/mol. The number of hydrogen-bond acceptors (Lipinski definition) is 3. The van der Waals surface area contributed by atoms with Gasteiger partial charge in [0.15, 0.2) is 0 Å². The molecule has 0 bridgehead atoms. The zero-order valence-corrected chi connectivity index (χ0v) is 12.1. The molecule has 0 heterocycles. The van der Waals surface area contributed by atoms with Gasteiger partial charge < -0.3 is 4.18 Å². The summed E-state index contributed by atoms with van der Waals surface area (Å²) in [6.45, 7) is 3.67. The summed E-state index contributed by atoms with van der Waals surface area (Å²) in [5.74, 6) is -0.524. The lowest BCUT2D eigenvalue weighted by Gasteiger charge is -2.11. The highest BCUT2D eigenvalue weighted by molar-refractivity contribution is 7.86. The Hall–Kier alpha value is -1.88. The highest BCUT2D eigenvalue weighted by Crippen LogP contribution is 2.23. The van der Waals surface area contributed by atoms with E-state index in [1.165, 1.54) is 18.2 Å². The Balaban J connectivity index is 2.21. The molecule has 0 N–H and O–H groups in total. The molecule has 3 nitrogen and oxygen atoms in total. The predicted octanol–water partition coefficient (Wildman–Crippen LogP) is 3.35. The van der Waals surface area contributed by atoms with Crippen molar-refractivity contribution in [2.75, 3.05) is 0 Å². The van der Waals surface area contributed by atoms with Crippen molar-refractivity contribution in [1.29, 1.82) is 0 Å². The summed E-state index contributed by atoms with van der Waals surface area (Å²) in [4.78, 5) is 0. The molecular formula is C15H15FO3S. The van der Waals surface area contributed by atoms with Gasteiger partial charge in [0.05, 0.1) is 0 Å². The predicted molar refractivity (Wildman–Crippen MR) is 75.6 cm³/mol. The lowest BCUT2D eigenvalue weighted by atomic mass is 10.1. The minimum atomic E-state index is -3.81. The summed E-state index contributed by atoms with van der Waals surface area (Å²) in [6, 6.07) is 10.7. The summed E-state index contributed by atoms with van der Waals surface area (Å²) in [7, 11) is -3.81. The summed E-state index contributed by atoms with van der Waals surface area (Å²) < 4.78 is 42.2. The maximum Gasteiger partial charge on any atom is 0.313 e. The molecule has 0 fully saturated rings. The Bertz CT molecular complexity index is 724. The van der Waals surface area contributed by atoms with Crippen LogP contribution in [0.15, 0.2) is 42.5 Å². The molecule has 0 unspecified atom stereocenters. The molecule has 0 saturated carbocycles. The van der Waals surface area contributed by atoms with Crippen molar-refractivity contribution >= 4 is 10.1 Å². The highest BCUT2D eigenvalue weighted by atomic mass is 32.2. The van der Waals surface area contributed by atoms with Crippen LogP contribution >= 0.6 is 0 Å². The van der Waals surface area contributed by atoms with Crippen LogP contribution in [0.1, 0.15) is 16.7 Å². The van der Waals surface area contributed by atoms with E-state index in [1.54, 1.807) is 25.1 Å². The van der Waals surface area contributed by atoms with E-state index in [4.69, 9.17) is 4.18 Å². The Morgan fingerprint density at radius 1 is 1.10 bits per heavy atom. The van der Waals surface area contributed by atoms with Crippen molar-refractivity contribution in [1.82, 2.24) is 0 Å². The maximum absolute atomic E-state index is 13.1. The van der Waals surface area contributed by atoms with Gasteiger partial charge in [-0.15, -0.1) is 0 Å². The van der Waals surface area contributed by atoms with Crippen LogP contribution in [0.3, 0.4) is 0 Å². The average Bonchev–Trinajstić information content (AvgIpc) is 2.34. The fourth-order valence-electron chi connectivity index (χ4n) is 1.81. The van der Waals surface area contributed by atoms with Gasteiger partial charge in [-0.1, -0.05) is 24.3 Å². The van der Waals surface area contributed by atoms with E-state index in [0.29, 0.717) is 11.3 Å². The minimum absolute atomic E-state index is 0.307. The Kier molecular flexibility index (Phi) is 4.09. The van der Waals surface area contributed by atoms with Crippen LogP contribution in [0.2, 0.25) is 0 Å². The molecule has 0 aliphatic heterocycles. The minimum Gasteiger partial charge on any atom is -0.382 e. The van der Waals surface area contributed by atoms with Gasteiger partial charge in [-0.05, 0) is 48.7 Å². The zero-order chi connectivity index (χ0) is 14.8. The fourth-order valence-corrected chi connectivity index (χ4v) is 2.91. The van der Waals surface area contributed by atoms with Crippen LogP contribution in [0.4, 0.5) is 4.39 Å². The first-order valence-corrected chi connectivity index (χ1v) is 7.68. The van der Waals surface area contributed by atoms with Gasteiger partial charge in [0.2, 0.25) is 0 Å². The van der Waals surface area contributed by atoms with Crippen molar-refractivity contribution in [3.05, 3.63) is 65.0 Å². The van der Waals surface area contributed by atoms with Crippen molar-refractivity contribution in [3.63, 3.8) is 0 Å². The van der Waals surface area contributed by atoms with Crippen molar-refractivity contribution in [3.8, 4) is 5.75 Å². The van der Waals surface area contributed by atoms with Gasteiger partial charge in [-0.2, -0.15) is 8.42 Å². The number of benzene rings is 2. The first kappa shape index (κ1) is 14.5. The van der Waals surface area contributed by atoms with Crippen LogP contribution < -0.4 is 4.18 Å². The smallest absolute Gasteiger partial charge is 0.313 e. The quantitative estimate of drug-likeness (QED) is 0.812. The highest BCUT2D eigenvalue weighted by Gasteiger charge is 2.16. The lowest BCUT2D eigenvalue weighted by molar-refractivity contribution is 0.483. The molecule has 0 aliphatic rings. The molecule has 0 saturated heterocycles. The van der Waals surface area contributed by atoms with Crippen LogP contribution in [0, 0.1) is 19.7 Å². The fraction of sp³-hybridized carbons (Fsp3) is 0.200. The molecule has 2 aromatic carbocycles. The SMILES string of the molecule is Cc1cccc(OS(=O)(=O)Cc2cccc(F)c2)c1C. The maximum atomic E-state index is 13.1. The van der Waals surface area contributed by atoms with Crippen molar-refractivity contribution in [2.24, 2.45) is 0 Å². The molecule has 0 spiro atoms. The summed E-state index contributed by atoms with van der Waals surface area (Å²) in [5.41, 5.74) is 2.08. The molecule has 2 rings (SSSR count). The number of aryl methyl sites for hydroxylation is 1. The molecule has 0 amide bonds. The van der Waals surface area contributed by atoms with E-state index in [0.717, 1.165) is 11.1 Å². The van der Waals surface area contributed by atoms with E-state index in [1.807, 2.05) is 13.0 Å². The Labute approximate surface area is 118 Å². The normalized spacial score (nSPS) is 11.3. The Morgan fingerprint density at radius 2 is 1.80 bits per heavy atom. The van der Waals surface area contributed by atoms with E-state index in [9.17, 15) is 12.8 Å². The third-order valence-corrected chi connectivity index (χ3v) is 4.12. The van der Waals surface area contributed by atoms with Gasteiger partial charge in [0, 0.05) is 0 Å². The number of halogens is 1. The van der Waals surface area contributed by atoms with Gasteiger partial charge in [-0.25, -0.2) is 4.39 Å². The van der Waals surface area contributed by atoms with E-state index >= 15 is 0 Å². The van der Waals surface area contributed by atoms with Crippen molar-refractivity contribution in [2.45, 2.75) is 19.6 Å². The molecule has 0 aliphatic carbocycles. The van der Waals surface area contributed by atoms with E-state index < -0.39 is 15.9 Å². The van der Waals surface area contributed by atoms with E-state index in [-0.39, 0.29) is 5.75 Å². The molecule has 20 heavy (non-hydrogen) atoms. The first-order valence-electron chi connectivity index (χ1n) is 6.10. The molecule has 0 aromatic heterocycles. The third kappa shape index (κ3) is 3.57. The molecule has 2 aromatic rings. The summed E-state index contributed by atoms with van der Waals surface area (Å²) in [5, 5.41) is 0. The van der Waals surface area contributed by atoms with Gasteiger partial charge in [-0.3, -0.25) is 0 Å². The van der Waals surface area contributed by atoms with E-state index in [2.05, 4.69) is 0 Å². The number of rotatable bonds is 4. The zero-order valence-electron chi connectivity index (χ0n) is 11.3. The van der Waals surface area contributed by atoms with Gasteiger partial charge >= 0.3 is 10.1 Å². The first-order chi connectivity index (χ1) is 9.37. The van der Waals surface area contributed by atoms with Crippen LogP contribution in [0.25, 0.3) is 0 Å². The standard InChI is InChI=1S/C15H15FO3S/c1-11-5-3-8-15(12(11)2)19-20(17,18)10-13-6-4-7-14(16)9-13/h3-9H,10H2,1-2H3. The van der Waals surface area contributed by atoms with Crippen LogP contribution in [-0.2, 0) is 15.9 Å². The van der Waals surface area contributed by atoms with Gasteiger partial charge in [0.1, 0.15) is 17.3 Å². The second kappa shape index (κ2) is 5.63. The molecule has 0 radical (unpaired) electrons. The topological polar surface area (TPSA) is 43.4 Å². The number of hydrogen-bond donors (Lipinski definition) is 0. The average molecular weight is 294 g/mol. The molecule has 0 atom stereocenters. The lowest BCUT2D eigenvalue weighted by Crippen LogP contribution is -2.13. The monoisotopic (exact) mass is 294 g/mol. The summed E-state index contributed by atoms with van der Waals surface area (Å²) >= 11 is 0. The molecule has 106 valence electrons. The third-order valence-electron chi connectivity index (χ3n) is 3.00.